The zero-order valence-corrected chi connectivity index (χ0v) is 10.5. The normalized spacial score (nSPS) is 11.4. The molecule has 0 aliphatic carbocycles. The Morgan fingerprint density at radius 2 is 1.67 bits per heavy atom. The molecule has 0 aromatic heterocycles. The van der Waals surface area contributed by atoms with Gasteiger partial charge in [-0.2, -0.15) is 0 Å². The molecular formula is C13H12FNO2S. The van der Waals surface area contributed by atoms with Gasteiger partial charge in [0.1, 0.15) is 10.7 Å². The van der Waals surface area contributed by atoms with Crippen LogP contribution in [0.5, 0.6) is 0 Å². The van der Waals surface area contributed by atoms with Gasteiger partial charge in [-0.25, -0.2) is 17.5 Å². The SMILES string of the molecule is CNS(=O)(=O)c1c(F)cccc1-c1ccccc1. The average molecular weight is 265 g/mol. The summed E-state index contributed by atoms with van der Waals surface area (Å²) in [4.78, 5) is -0.321. The molecule has 0 amide bonds. The molecule has 0 unspecified atom stereocenters. The summed E-state index contributed by atoms with van der Waals surface area (Å²) in [5, 5.41) is 0. The second kappa shape index (κ2) is 4.88. The molecule has 3 nitrogen and oxygen atoms in total. The topological polar surface area (TPSA) is 46.2 Å². The molecule has 0 aliphatic heterocycles. The van der Waals surface area contributed by atoms with E-state index >= 15 is 0 Å². The molecular weight excluding hydrogens is 253 g/mol. The molecule has 18 heavy (non-hydrogen) atoms. The monoisotopic (exact) mass is 265 g/mol. The van der Waals surface area contributed by atoms with Gasteiger partial charge in [0.25, 0.3) is 0 Å². The highest BCUT2D eigenvalue weighted by atomic mass is 32.2. The smallest absolute Gasteiger partial charge is 0.214 e. The van der Waals surface area contributed by atoms with Crippen LogP contribution >= 0.6 is 0 Å². The third-order valence-corrected chi connectivity index (χ3v) is 4.08. The van der Waals surface area contributed by atoms with Crippen molar-refractivity contribution in [3.8, 4) is 11.1 Å². The number of nitrogens with one attached hydrogen (secondary N) is 1. The quantitative estimate of drug-likeness (QED) is 0.926. The summed E-state index contributed by atoms with van der Waals surface area (Å²) < 4.78 is 39.7. The molecule has 0 saturated carbocycles. The Bertz CT molecular complexity index is 654. The van der Waals surface area contributed by atoms with Crippen LogP contribution in [-0.2, 0) is 10.0 Å². The van der Waals surface area contributed by atoms with Gasteiger partial charge < -0.3 is 0 Å². The highest BCUT2D eigenvalue weighted by molar-refractivity contribution is 7.89. The molecule has 5 heteroatoms. The number of rotatable bonds is 3. The predicted molar refractivity (Wildman–Crippen MR) is 68.1 cm³/mol. The van der Waals surface area contributed by atoms with Crippen LogP contribution in [0, 0.1) is 5.82 Å². The summed E-state index contributed by atoms with van der Waals surface area (Å²) in [6.07, 6.45) is 0. The van der Waals surface area contributed by atoms with Crippen LogP contribution in [-0.4, -0.2) is 15.5 Å². The van der Waals surface area contributed by atoms with E-state index in [1.165, 1.54) is 13.1 Å². The summed E-state index contributed by atoms with van der Waals surface area (Å²) in [6.45, 7) is 0. The van der Waals surface area contributed by atoms with Gasteiger partial charge in [-0.1, -0.05) is 42.5 Å². The van der Waals surface area contributed by atoms with Gasteiger partial charge in [0.2, 0.25) is 10.0 Å². The summed E-state index contributed by atoms with van der Waals surface area (Å²) in [7, 11) is -2.57. The van der Waals surface area contributed by atoms with Crippen molar-refractivity contribution in [1.29, 1.82) is 0 Å². The van der Waals surface area contributed by atoms with Gasteiger partial charge >= 0.3 is 0 Å². The van der Waals surface area contributed by atoms with Crippen LogP contribution in [0.15, 0.2) is 53.4 Å². The maximum Gasteiger partial charge on any atom is 0.243 e. The lowest BCUT2D eigenvalue weighted by atomic mass is 10.1. The van der Waals surface area contributed by atoms with Gasteiger partial charge in [-0.15, -0.1) is 0 Å². The van der Waals surface area contributed by atoms with Crippen LogP contribution in [0.4, 0.5) is 4.39 Å². The lowest BCUT2D eigenvalue weighted by Gasteiger charge is -2.10. The zero-order chi connectivity index (χ0) is 13.2. The number of sulfonamides is 1. The number of halogens is 1. The minimum Gasteiger partial charge on any atom is -0.214 e. The van der Waals surface area contributed by atoms with E-state index < -0.39 is 15.8 Å². The highest BCUT2D eigenvalue weighted by Gasteiger charge is 2.22. The Balaban J connectivity index is 2.74. The van der Waals surface area contributed by atoms with Crippen LogP contribution < -0.4 is 4.72 Å². The van der Waals surface area contributed by atoms with Crippen molar-refractivity contribution in [1.82, 2.24) is 4.72 Å². The van der Waals surface area contributed by atoms with Crippen molar-refractivity contribution in [3.63, 3.8) is 0 Å². The molecule has 1 N–H and O–H groups in total. The molecule has 0 bridgehead atoms. The van der Waals surface area contributed by atoms with Crippen molar-refractivity contribution in [2.45, 2.75) is 4.90 Å². The standard InChI is InChI=1S/C13H12FNO2S/c1-15-18(16,17)13-11(8-5-9-12(13)14)10-6-3-2-4-7-10/h2-9,15H,1H3. The third-order valence-electron chi connectivity index (χ3n) is 2.59. The minimum atomic E-state index is -3.83. The molecule has 0 aliphatic rings. The van der Waals surface area contributed by atoms with Crippen molar-refractivity contribution in [2.75, 3.05) is 7.05 Å². The largest absolute Gasteiger partial charge is 0.243 e. The van der Waals surface area contributed by atoms with Gasteiger partial charge in [-0.3, -0.25) is 0 Å². The lowest BCUT2D eigenvalue weighted by molar-refractivity contribution is 0.562. The van der Waals surface area contributed by atoms with Crippen LogP contribution in [0.1, 0.15) is 0 Å². The average Bonchev–Trinajstić information content (AvgIpc) is 2.39. The van der Waals surface area contributed by atoms with E-state index in [1.54, 1.807) is 30.3 Å². The fourth-order valence-electron chi connectivity index (χ4n) is 1.73. The second-order valence-corrected chi connectivity index (χ2v) is 5.51. The van der Waals surface area contributed by atoms with E-state index in [-0.39, 0.29) is 4.90 Å². The molecule has 94 valence electrons. The minimum absolute atomic E-state index is 0.321. The van der Waals surface area contributed by atoms with E-state index in [0.29, 0.717) is 11.1 Å². The maximum absolute atomic E-state index is 13.8. The van der Waals surface area contributed by atoms with Gasteiger partial charge in [-0.05, 0) is 18.7 Å². The Kier molecular flexibility index (Phi) is 3.45. The Morgan fingerprint density at radius 3 is 2.28 bits per heavy atom. The Labute approximate surface area is 105 Å². The summed E-state index contributed by atoms with van der Waals surface area (Å²) in [5.41, 5.74) is 1.01. The van der Waals surface area contributed by atoms with Crippen LogP contribution in [0.3, 0.4) is 0 Å². The molecule has 2 rings (SSSR count). The van der Waals surface area contributed by atoms with Crippen molar-refractivity contribution < 1.29 is 12.8 Å². The third kappa shape index (κ3) is 2.27. The van der Waals surface area contributed by atoms with Crippen molar-refractivity contribution >= 4 is 10.0 Å². The van der Waals surface area contributed by atoms with Gasteiger partial charge in [0.05, 0.1) is 0 Å². The molecule has 0 fully saturated rings. The summed E-state index contributed by atoms with van der Waals surface area (Å²) in [6, 6.07) is 13.1. The van der Waals surface area contributed by atoms with E-state index in [9.17, 15) is 12.8 Å². The van der Waals surface area contributed by atoms with Crippen molar-refractivity contribution in [3.05, 3.63) is 54.3 Å². The first-order valence-electron chi connectivity index (χ1n) is 5.34. The number of hydrogen-bond acceptors (Lipinski definition) is 2. The molecule has 0 spiro atoms. The van der Waals surface area contributed by atoms with Crippen molar-refractivity contribution in [2.24, 2.45) is 0 Å². The Hall–Kier alpha value is -1.72. The molecule has 2 aromatic rings. The first-order valence-corrected chi connectivity index (χ1v) is 6.82. The fraction of sp³-hybridized carbons (Fsp3) is 0.0769. The molecule has 0 saturated heterocycles. The maximum atomic E-state index is 13.8. The lowest BCUT2D eigenvalue weighted by Crippen LogP contribution is -2.20. The van der Waals surface area contributed by atoms with E-state index in [0.717, 1.165) is 6.07 Å². The van der Waals surface area contributed by atoms with E-state index in [4.69, 9.17) is 0 Å². The fourth-order valence-corrected chi connectivity index (χ4v) is 2.73. The summed E-state index contributed by atoms with van der Waals surface area (Å²) in [5.74, 6) is -0.759. The predicted octanol–water partition coefficient (Wildman–Crippen LogP) is 2.40. The number of hydrogen-bond donors (Lipinski definition) is 1. The van der Waals surface area contributed by atoms with E-state index in [1.807, 2.05) is 6.07 Å². The van der Waals surface area contributed by atoms with Gasteiger partial charge in [0, 0.05) is 5.56 Å². The van der Waals surface area contributed by atoms with Crippen LogP contribution in [0.25, 0.3) is 11.1 Å². The highest BCUT2D eigenvalue weighted by Crippen LogP contribution is 2.28. The molecule has 2 aromatic carbocycles. The Morgan fingerprint density at radius 1 is 1.00 bits per heavy atom. The van der Waals surface area contributed by atoms with Crippen LogP contribution in [0.2, 0.25) is 0 Å². The molecule has 0 atom stereocenters. The first kappa shape index (κ1) is 12.7. The zero-order valence-electron chi connectivity index (χ0n) is 9.72. The first-order chi connectivity index (χ1) is 8.56. The second-order valence-electron chi connectivity index (χ2n) is 3.69. The molecule has 0 radical (unpaired) electrons. The molecule has 0 heterocycles. The van der Waals surface area contributed by atoms with E-state index in [2.05, 4.69) is 4.72 Å². The van der Waals surface area contributed by atoms with Gasteiger partial charge in [0.15, 0.2) is 0 Å². The number of benzene rings is 2. The summed E-state index contributed by atoms with van der Waals surface area (Å²) >= 11 is 0.